The molecule has 0 radical (unpaired) electrons. The van der Waals surface area contributed by atoms with Gasteiger partial charge in [-0.15, -0.1) is 0 Å². The summed E-state index contributed by atoms with van der Waals surface area (Å²) >= 11 is 0. The van der Waals surface area contributed by atoms with Gasteiger partial charge in [0.25, 0.3) is 0 Å². The second-order valence-corrected chi connectivity index (χ2v) is 7.10. The molecule has 2 N–H and O–H groups in total. The Labute approximate surface area is 107 Å². The van der Waals surface area contributed by atoms with Crippen LogP contribution in [0.4, 0.5) is 0 Å². The van der Waals surface area contributed by atoms with Crippen LogP contribution in [0.3, 0.4) is 0 Å². The predicted molar refractivity (Wildman–Crippen MR) is 73.7 cm³/mol. The number of fused-ring (bicyclic) bond motifs is 1. The first-order valence-electron chi connectivity index (χ1n) is 5.92. The molecule has 0 saturated heterocycles. The molecule has 0 amide bonds. The number of aromatic nitrogens is 1. The minimum Gasteiger partial charge on any atom is -0.361 e. The molecule has 2 rings (SSSR count). The van der Waals surface area contributed by atoms with Crippen molar-refractivity contribution in [2.75, 3.05) is 0 Å². The van der Waals surface area contributed by atoms with Crippen molar-refractivity contribution in [2.24, 2.45) is 0 Å². The van der Waals surface area contributed by atoms with Crippen LogP contribution in [0.1, 0.15) is 20.8 Å². The Balaban J connectivity index is 2.57. The van der Waals surface area contributed by atoms with Gasteiger partial charge in [-0.25, -0.2) is 13.1 Å². The summed E-state index contributed by atoms with van der Waals surface area (Å²) in [4.78, 5) is 3.07. The molecule has 0 bridgehead atoms. The largest absolute Gasteiger partial charge is 0.361 e. The molecule has 1 atom stereocenters. The fourth-order valence-corrected chi connectivity index (χ4v) is 3.38. The van der Waals surface area contributed by atoms with Gasteiger partial charge in [-0.05, 0) is 44.2 Å². The Morgan fingerprint density at radius 1 is 1.39 bits per heavy atom. The summed E-state index contributed by atoms with van der Waals surface area (Å²) in [5.74, 6) is 0. The van der Waals surface area contributed by atoms with Crippen LogP contribution < -0.4 is 15.3 Å². The lowest BCUT2D eigenvalue weighted by Crippen LogP contribution is -2.45. The molecule has 1 aromatic heterocycles. The minimum absolute atomic E-state index is 0.119. The maximum Gasteiger partial charge on any atom is 0.224 e. The second-order valence-electron chi connectivity index (χ2n) is 4.98. The summed E-state index contributed by atoms with van der Waals surface area (Å²) in [6.07, 6.45) is 8.93. The molecule has 0 saturated carbocycles. The van der Waals surface area contributed by atoms with Crippen molar-refractivity contribution in [3.8, 4) is 0 Å². The van der Waals surface area contributed by atoms with Crippen molar-refractivity contribution in [3.05, 3.63) is 35.0 Å². The summed E-state index contributed by atoms with van der Waals surface area (Å²) in [6.45, 7) is 5.33. The summed E-state index contributed by atoms with van der Waals surface area (Å²) in [5, 5.41) is 1.83. The summed E-state index contributed by atoms with van der Waals surface area (Å²) in [7, 11) is -3.45. The van der Waals surface area contributed by atoms with Gasteiger partial charge in [0.05, 0.1) is 0 Å². The molecule has 5 heteroatoms. The number of nitrogens with one attached hydrogen (secondary N) is 2. The molecule has 1 aliphatic carbocycles. The highest BCUT2D eigenvalue weighted by Crippen LogP contribution is 2.21. The van der Waals surface area contributed by atoms with Crippen LogP contribution in [0, 0.1) is 0 Å². The Kier molecular flexibility index (Phi) is 3.21. The summed E-state index contributed by atoms with van der Waals surface area (Å²) in [6, 6.07) is 1.76. The molecule has 1 aromatic rings. The van der Waals surface area contributed by atoms with E-state index < -0.39 is 14.8 Å². The van der Waals surface area contributed by atoms with Gasteiger partial charge < -0.3 is 4.98 Å². The van der Waals surface area contributed by atoms with Gasteiger partial charge >= 0.3 is 0 Å². The number of rotatable bonds is 3. The Bertz CT molecular complexity index is 683. The smallest absolute Gasteiger partial charge is 0.224 e. The molecular weight excluding hydrogens is 248 g/mol. The van der Waals surface area contributed by atoms with Crippen LogP contribution in [0.5, 0.6) is 0 Å². The Morgan fingerprint density at radius 2 is 2.11 bits per heavy atom. The van der Waals surface area contributed by atoms with E-state index in [0.29, 0.717) is 0 Å². The fraction of sp³-hybridized carbons (Fsp3) is 0.385. The zero-order valence-corrected chi connectivity index (χ0v) is 11.6. The van der Waals surface area contributed by atoms with Gasteiger partial charge in [-0.3, -0.25) is 0 Å². The third kappa shape index (κ3) is 2.28. The van der Waals surface area contributed by atoms with Crippen molar-refractivity contribution in [1.82, 2.24) is 9.71 Å². The van der Waals surface area contributed by atoms with Gasteiger partial charge in [-0.1, -0.05) is 12.2 Å². The number of sulfonamides is 1. The maximum absolute atomic E-state index is 12.4. The van der Waals surface area contributed by atoms with Crippen LogP contribution in [0.2, 0.25) is 0 Å². The third-order valence-electron chi connectivity index (χ3n) is 2.91. The van der Waals surface area contributed by atoms with Gasteiger partial charge in [0.2, 0.25) is 10.0 Å². The lowest BCUT2D eigenvalue weighted by molar-refractivity contribution is 0.556. The number of H-pyrrole nitrogens is 1. The predicted octanol–water partition coefficient (Wildman–Crippen LogP) is 0.232. The molecule has 1 aliphatic rings. The molecule has 0 fully saturated rings. The molecule has 4 nitrogen and oxygen atoms in total. The highest BCUT2D eigenvalue weighted by atomic mass is 32.2. The normalized spacial score (nSPS) is 23.1. The van der Waals surface area contributed by atoms with E-state index in [1.165, 1.54) is 0 Å². The van der Waals surface area contributed by atoms with Crippen molar-refractivity contribution < 1.29 is 8.42 Å². The Morgan fingerprint density at radius 3 is 2.78 bits per heavy atom. The number of hydrogen-bond acceptors (Lipinski definition) is 2. The molecule has 98 valence electrons. The first-order valence-corrected chi connectivity index (χ1v) is 7.40. The van der Waals surface area contributed by atoms with E-state index in [4.69, 9.17) is 0 Å². The maximum atomic E-state index is 12.4. The minimum atomic E-state index is -3.45. The topological polar surface area (TPSA) is 62.0 Å². The van der Waals surface area contributed by atoms with E-state index in [1.54, 1.807) is 31.3 Å². The van der Waals surface area contributed by atoms with E-state index in [2.05, 4.69) is 9.71 Å². The number of aromatic amines is 1. The SMILES string of the molecule is CC(C)NS(=O)(=O)C1(C)C=CC=c2[nH]ccc2=C1. The molecule has 0 aliphatic heterocycles. The monoisotopic (exact) mass is 266 g/mol. The van der Waals surface area contributed by atoms with Gasteiger partial charge in [-0.2, -0.15) is 0 Å². The molecule has 1 unspecified atom stereocenters. The standard InChI is InChI=1S/C13H18N2O2S/c1-10(2)15-18(16,17)13(3)7-4-5-12-11(9-13)6-8-14-12/h4-10,14-15H,1-3H3. The van der Waals surface area contributed by atoms with Crippen LogP contribution in [0.15, 0.2) is 24.4 Å². The molecule has 1 heterocycles. The van der Waals surface area contributed by atoms with Crippen LogP contribution in [-0.2, 0) is 10.0 Å². The number of allylic oxidation sites excluding steroid dienone is 1. The van der Waals surface area contributed by atoms with Crippen LogP contribution in [-0.4, -0.2) is 24.2 Å². The highest BCUT2D eigenvalue weighted by Gasteiger charge is 2.35. The Hall–Kier alpha value is -1.33. The third-order valence-corrected chi connectivity index (χ3v) is 5.11. The molecular formula is C13H18N2O2S. The van der Waals surface area contributed by atoms with Crippen molar-refractivity contribution >= 4 is 22.2 Å². The first kappa shape index (κ1) is 13.1. The first-order chi connectivity index (χ1) is 8.34. The van der Waals surface area contributed by atoms with E-state index in [0.717, 1.165) is 10.6 Å². The average molecular weight is 266 g/mol. The van der Waals surface area contributed by atoms with E-state index in [1.807, 2.05) is 26.0 Å². The number of hydrogen-bond donors (Lipinski definition) is 2. The lowest BCUT2D eigenvalue weighted by Gasteiger charge is -2.23. The van der Waals surface area contributed by atoms with Gasteiger partial charge in [0.1, 0.15) is 4.75 Å². The van der Waals surface area contributed by atoms with Gasteiger partial charge in [0.15, 0.2) is 0 Å². The van der Waals surface area contributed by atoms with E-state index >= 15 is 0 Å². The molecule has 0 aromatic carbocycles. The van der Waals surface area contributed by atoms with Crippen LogP contribution in [0.25, 0.3) is 12.2 Å². The highest BCUT2D eigenvalue weighted by molar-refractivity contribution is 7.91. The zero-order chi connectivity index (χ0) is 13.4. The van der Waals surface area contributed by atoms with Crippen LogP contribution >= 0.6 is 0 Å². The quantitative estimate of drug-likeness (QED) is 0.823. The van der Waals surface area contributed by atoms with Crippen molar-refractivity contribution in [3.63, 3.8) is 0 Å². The van der Waals surface area contributed by atoms with Crippen molar-refractivity contribution in [2.45, 2.75) is 31.6 Å². The summed E-state index contributed by atoms with van der Waals surface area (Å²) in [5.41, 5.74) is 0. The van der Waals surface area contributed by atoms with Crippen molar-refractivity contribution in [1.29, 1.82) is 0 Å². The van der Waals surface area contributed by atoms with Gasteiger partial charge in [0, 0.05) is 17.6 Å². The second kappa shape index (κ2) is 4.40. The van der Waals surface area contributed by atoms with E-state index in [-0.39, 0.29) is 6.04 Å². The molecule has 0 spiro atoms. The zero-order valence-electron chi connectivity index (χ0n) is 10.8. The molecule has 18 heavy (non-hydrogen) atoms. The summed E-state index contributed by atoms with van der Waals surface area (Å²) < 4.78 is 26.4. The lowest BCUT2D eigenvalue weighted by atomic mass is 10.1. The van der Waals surface area contributed by atoms with E-state index in [9.17, 15) is 8.42 Å². The fourth-order valence-electron chi connectivity index (χ4n) is 1.96. The average Bonchev–Trinajstić information content (AvgIpc) is 2.57.